The Bertz CT molecular complexity index is 900. The molecule has 7 nitrogen and oxygen atoms in total. The van der Waals surface area contributed by atoms with Crippen molar-refractivity contribution in [2.45, 2.75) is 39.2 Å². The van der Waals surface area contributed by atoms with E-state index in [0.717, 1.165) is 0 Å². The van der Waals surface area contributed by atoms with Crippen LogP contribution in [0, 0.1) is 0 Å². The Balaban J connectivity index is 2.11. The molecule has 28 heavy (non-hydrogen) atoms. The Morgan fingerprint density at radius 2 is 1.82 bits per heavy atom. The molecule has 0 aliphatic heterocycles. The quantitative estimate of drug-likeness (QED) is 0.741. The lowest BCUT2D eigenvalue weighted by molar-refractivity contribution is -0.117. The first-order valence-corrected chi connectivity index (χ1v) is 8.78. The molecule has 7 heteroatoms. The average molecular weight is 384 g/mol. The van der Waals surface area contributed by atoms with Crippen LogP contribution >= 0.6 is 0 Å². The highest BCUT2D eigenvalue weighted by Gasteiger charge is 2.17. The number of Topliss-reactive ketones (excluding diaryl/α,β-unsaturated/α-hetero) is 1. The minimum Gasteiger partial charge on any atom is -0.508 e. The number of phenols is 1. The zero-order valence-electron chi connectivity index (χ0n) is 16.4. The number of ketones is 1. The minimum absolute atomic E-state index is 0.0531. The molecule has 1 heterocycles. The topological polar surface area (TPSA) is 106 Å². The second-order valence-corrected chi connectivity index (χ2v) is 7.48. The van der Waals surface area contributed by atoms with E-state index in [1.54, 1.807) is 12.1 Å². The van der Waals surface area contributed by atoms with Crippen molar-refractivity contribution in [1.82, 2.24) is 10.3 Å². The molecule has 0 aliphatic rings. The van der Waals surface area contributed by atoms with Crippen molar-refractivity contribution in [3.05, 3.63) is 58.9 Å². The molecule has 148 valence electrons. The molecule has 0 saturated carbocycles. The van der Waals surface area contributed by atoms with Gasteiger partial charge in [-0.3, -0.25) is 14.6 Å². The maximum atomic E-state index is 12.4. The number of benzene rings is 1. The lowest BCUT2D eigenvalue weighted by Gasteiger charge is -2.20. The van der Waals surface area contributed by atoms with Crippen molar-refractivity contribution in [1.29, 1.82) is 0 Å². The van der Waals surface area contributed by atoms with E-state index in [2.05, 4.69) is 15.0 Å². The van der Waals surface area contributed by atoms with Gasteiger partial charge >= 0.3 is 5.97 Å². The highest BCUT2D eigenvalue weighted by Crippen LogP contribution is 2.20. The first kappa shape index (κ1) is 21.1. The van der Waals surface area contributed by atoms with Gasteiger partial charge in [0.25, 0.3) is 5.91 Å². The standard InChI is InChI=1S/C21H24N2O5/c1-21(2,3)23-19(26)17-10-13(7-8-22-17)9-16(24)12-15-11-14(20(27)28-4)5-6-18(15)25/h5-8,10-11,25H,9,12H2,1-4H3,(H,23,26). The van der Waals surface area contributed by atoms with Crippen molar-refractivity contribution in [3.8, 4) is 5.75 Å². The van der Waals surface area contributed by atoms with E-state index in [1.165, 1.54) is 31.5 Å². The fraction of sp³-hybridized carbons (Fsp3) is 0.333. The smallest absolute Gasteiger partial charge is 0.337 e. The first-order chi connectivity index (χ1) is 13.1. The summed E-state index contributed by atoms with van der Waals surface area (Å²) in [6.45, 7) is 5.60. The van der Waals surface area contributed by atoms with Crippen LogP contribution in [0.25, 0.3) is 0 Å². The molecule has 1 aromatic heterocycles. The SMILES string of the molecule is COC(=O)c1ccc(O)c(CC(=O)Cc2ccnc(C(=O)NC(C)(C)C)c2)c1. The van der Waals surface area contributed by atoms with Crippen LogP contribution in [-0.4, -0.2) is 40.4 Å². The zero-order chi connectivity index (χ0) is 20.9. The number of nitrogens with one attached hydrogen (secondary N) is 1. The predicted molar refractivity (Wildman–Crippen MR) is 103 cm³/mol. The maximum Gasteiger partial charge on any atom is 0.337 e. The second kappa shape index (κ2) is 8.65. The average Bonchev–Trinajstić information content (AvgIpc) is 2.61. The van der Waals surface area contributed by atoms with Gasteiger partial charge in [-0.15, -0.1) is 0 Å². The van der Waals surface area contributed by atoms with Crippen LogP contribution in [0.5, 0.6) is 5.75 Å². The van der Waals surface area contributed by atoms with Gasteiger partial charge in [-0.2, -0.15) is 0 Å². The monoisotopic (exact) mass is 384 g/mol. The summed E-state index contributed by atoms with van der Waals surface area (Å²) in [6.07, 6.45) is 1.50. The zero-order valence-corrected chi connectivity index (χ0v) is 16.4. The summed E-state index contributed by atoms with van der Waals surface area (Å²) in [5, 5.41) is 12.8. The van der Waals surface area contributed by atoms with E-state index in [0.29, 0.717) is 11.1 Å². The summed E-state index contributed by atoms with van der Waals surface area (Å²) in [7, 11) is 1.26. The molecular formula is C21H24N2O5. The van der Waals surface area contributed by atoms with Gasteiger partial charge in [0.15, 0.2) is 0 Å². The molecule has 0 saturated heterocycles. The number of methoxy groups -OCH3 is 1. The molecule has 1 amide bonds. The van der Waals surface area contributed by atoms with E-state index in [-0.39, 0.29) is 41.5 Å². The number of carbonyl (C=O) groups excluding carboxylic acids is 3. The van der Waals surface area contributed by atoms with Crippen molar-refractivity contribution < 1.29 is 24.2 Å². The van der Waals surface area contributed by atoms with Gasteiger partial charge in [0.1, 0.15) is 17.2 Å². The van der Waals surface area contributed by atoms with Gasteiger partial charge in [-0.05, 0) is 56.7 Å². The highest BCUT2D eigenvalue weighted by atomic mass is 16.5. The van der Waals surface area contributed by atoms with Crippen LogP contribution < -0.4 is 5.32 Å². The van der Waals surface area contributed by atoms with Crippen LogP contribution in [0.1, 0.15) is 52.7 Å². The van der Waals surface area contributed by atoms with Crippen molar-refractivity contribution in [3.63, 3.8) is 0 Å². The molecule has 0 unspecified atom stereocenters. The molecule has 0 atom stereocenters. The molecule has 1 aromatic carbocycles. The number of aromatic nitrogens is 1. The molecule has 0 aliphatic carbocycles. The maximum absolute atomic E-state index is 12.4. The number of esters is 1. The molecular weight excluding hydrogens is 360 g/mol. The molecule has 2 rings (SSSR count). The summed E-state index contributed by atoms with van der Waals surface area (Å²) in [5.74, 6) is -1.10. The lowest BCUT2D eigenvalue weighted by atomic mass is 10.0. The first-order valence-electron chi connectivity index (χ1n) is 8.78. The van der Waals surface area contributed by atoms with Crippen LogP contribution in [0.4, 0.5) is 0 Å². The molecule has 0 spiro atoms. The Hall–Kier alpha value is -3.22. The normalized spacial score (nSPS) is 11.0. The number of ether oxygens (including phenoxy) is 1. The Labute approximate surface area is 163 Å². The van der Waals surface area contributed by atoms with Crippen molar-refractivity contribution in [2.75, 3.05) is 7.11 Å². The number of hydrogen-bond acceptors (Lipinski definition) is 6. The number of aromatic hydroxyl groups is 1. The number of phenolic OH excluding ortho intramolecular Hbond substituents is 1. The van der Waals surface area contributed by atoms with E-state index < -0.39 is 11.5 Å². The van der Waals surface area contributed by atoms with Gasteiger partial charge in [-0.25, -0.2) is 4.79 Å². The Morgan fingerprint density at radius 1 is 1.11 bits per heavy atom. The van der Waals surface area contributed by atoms with Gasteiger partial charge in [0, 0.05) is 30.1 Å². The summed E-state index contributed by atoms with van der Waals surface area (Å²) >= 11 is 0. The van der Waals surface area contributed by atoms with Gasteiger partial charge in [0.2, 0.25) is 0 Å². The van der Waals surface area contributed by atoms with Gasteiger partial charge in [0.05, 0.1) is 12.7 Å². The molecule has 0 fully saturated rings. The van der Waals surface area contributed by atoms with E-state index in [1.807, 2.05) is 20.8 Å². The van der Waals surface area contributed by atoms with Crippen LogP contribution in [0.15, 0.2) is 36.5 Å². The van der Waals surface area contributed by atoms with Gasteiger partial charge < -0.3 is 15.2 Å². The number of pyridine rings is 1. The minimum atomic E-state index is -0.544. The predicted octanol–water partition coefficient (Wildman–Crippen LogP) is 2.46. The van der Waals surface area contributed by atoms with Crippen LogP contribution in [0.2, 0.25) is 0 Å². The van der Waals surface area contributed by atoms with Crippen LogP contribution in [-0.2, 0) is 22.4 Å². The fourth-order valence-corrected chi connectivity index (χ4v) is 2.59. The third-order valence-electron chi connectivity index (χ3n) is 3.84. The number of hydrogen-bond donors (Lipinski definition) is 2. The second-order valence-electron chi connectivity index (χ2n) is 7.48. The molecule has 2 N–H and O–H groups in total. The highest BCUT2D eigenvalue weighted by molar-refractivity contribution is 5.93. The Kier molecular flexibility index (Phi) is 6.51. The number of carbonyl (C=O) groups is 3. The third kappa shape index (κ3) is 5.90. The summed E-state index contributed by atoms with van der Waals surface area (Å²) < 4.78 is 4.65. The largest absolute Gasteiger partial charge is 0.508 e. The number of amides is 1. The summed E-state index contributed by atoms with van der Waals surface area (Å²) in [5.41, 5.74) is 1.08. The fourth-order valence-electron chi connectivity index (χ4n) is 2.59. The van der Waals surface area contributed by atoms with Crippen molar-refractivity contribution >= 4 is 17.7 Å². The van der Waals surface area contributed by atoms with Crippen LogP contribution in [0.3, 0.4) is 0 Å². The Morgan fingerprint density at radius 3 is 2.46 bits per heavy atom. The van der Waals surface area contributed by atoms with Crippen molar-refractivity contribution in [2.24, 2.45) is 0 Å². The molecule has 2 aromatic rings. The molecule has 0 bridgehead atoms. The van der Waals surface area contributed by atoms with E-state index in [9.17, 15) is 19.5 Å². The van der Waals surface area contributed by atoms with E-state index in [4.69, 9.17) is 0 Å². The third-order valence-corrected chi connectivity index (χ3v) is 3.84. The summed E-state index contributed by atoms with van der Waals surface area (Å²) in [4.78, 5) is 40.3. The summed E-state index contributed by atoms with van der Waals surface area (Å²) in [6, 6.07) is 7.46. The number of nitrogens with zero attached hydrogens (tertiary/aromatic N) is 1. The number of rotatable bonds is 6. The lowest BCUT2D eigenvalue weighted by Crippen LogP contribution is -2.40. The van der Waals surface area contributed by atoms with E-state index >= 15 is 0 Å². The molecule has 0 radical (unpaired) electrons. The van der Waals surface area contributed by atoms with Gasteiger partial charge in [-0.1, -0.05) is 0 Å².